The summed E-state index contributed by atoms with van der Waals surface area (Å²) >= 11 is 1.53. The fourth-order valence-corrected chi connectivity index (χ4v) is 2.77. The van der Waals surface area contributed by atoms with E-state index in [1.54, 1.807) is 23.0 Å². The maximum atomic E-state index is 12.0. The number of thiophene rings is 1. The smallest absolute Gasteiger partial charge is 0.374 e. The number of esters is 1. The van der Waals surface area contributed by atoms with Gasteiger partial charge in [0.25, 0.3) is 5.89 Å². The van der Waals surface area contributed by atoms with Gasteiger partial charge in [0.2, 0.25) is 11.6 Å². The van der Waals surface area contributed by atoms with E-state index in [1.807, 2.05) is 29.1 Å². The molecule has 4 aromatic rings. The normalized spacial score (nSPS) is 10.9. The summed E-state index contributed by atoms with van der Waals surface area (Å²) < 4.78 is 17.5. The van der Waals surface area contributed by atoms with Gasteiger partial charge < -0.3 is 13.7 Å². The van der Waals surface area contributed by atoms with Gasteiger partial charge in [0.15, 0.2) is 6.61 Å². The summed E-state index contributed by atoms with van der Waals surface area (Å²) in [5.41, 5.74) is 0.837. The monoisotopic (exact) mass is 356 g/mol. The van der Waals surface area contributed by atoms with Gasteiger partial charge in [-0.2, -0.15) is 21.4 Å². The van der Waals surface area contributed by atoms with Gasteiger partial charge in [0.1, 0.15) is 5.76 Å². The standard InChI is InChI=1S/C16H12N4O4S/c21-16(13-3-2-12(23-13)8-20-6-1-5-17-20)22-9-14-18-15(24-19-14)11-4-7-25-10-11/h1-7,10H,8-9H2. The SMILES string of the molecule is O=C(OCc1noc(-c2ccsc2)n1)c1ccc(Cn2cccn2)o1. The Bertz CT molecular complexity index is 956. The van der Waals surface area contributed by atoms with Crippen LogP contribution >= 0.6 is 11.3 Å². The van der Waals surface area contributed by atoms with Crippen LogP contribution < -0.4 is 0 Å². The maximum Gasteiger partial charge on any atom is 0.374 e. The Labute approximate surface area is 145 Å². The largest absolute Gasteiger partial charge is 0.452 e. The molecule has 0 atom stereocenters. The van der Waals surface area contributed by atoms with Crippen LogP contribution in [0.25, 0.3) is 11.5 Å². The molecular weight excluding hydrogens is 344 g/mol. The van der Waals surface area contributed by atoms with E-state index in [4.69, 9.17) is 13.7 Å². The highest BCUT2D eigenvalue weighted by molar-refractivity contribution is 7.08. The lowest BCUT2D eigenvalue weighted by molar-refractivity contribution is 0.0421. The molecule has 126 valence electrons. The summed E-state index contributed by atoms with van der Waals surface area (Å²) in [5.74, 6) is 0.817. The Hall–Kier alpha value is -3.20. The summed E-state index contributed by atoms with van der Waals surface area (Å²) in [6.07, 6.45) is 3.48. The number of hydrogen-bond acceptors (Lipinski definition) is 8. The fraction of sp³-hybridized carbons (Fsp3) is 0.125. The molecule has 9 heteroatoms. The van der Waals surface area contributed by atoms with E-state index in [0.717, 1.165) is 5.56 Å². The minimum atomic E-state index is -0.589. The van der Waals surface area contributed by atoms with Crippen LogP contribution in [0.5, 0.6) is 0 Å². The molecule has 0 aliphatic rings. The van der Waals surface area contributed by atoms with Crippen molar-refractivity contribution in [3.8, 4) is 11.5 Å². The molecule has 4 heterocycles. The molecule has 25 heavy (non-hydrogen) atoms. The number of hydrogen-bond donors (Lipinski definition) is 0. The molecule has 0 saturated carbocycles. The van der Waals surface area contributed by atoms with E-state index in [-0.39, 0.29) is 18.2 Å². The van der Waals surface area contributed by atoms with Gasteiger partial charge in [-0.1, -0.05) is 5.16 Å². The van der Waals surface area contributed by atoms with Crippen LogP contribution in [0.15, 0.2) is 56.4 Å². The zero-order chi connectivity index (χ0) is 17.1. The second-order valence-corrected chi connectivity index (χ2v) is 5.85. The van der Waals surface area contributed by atoms with Crippen LogP contribution in [0, 0.1) is 0 Å². The first-order valence-electron chi connectivity index (χ1n) is 7.36. The van der Waals surface area contributed by atoms with E-state index in [2.05, 4.69) is 15.2 Å². The highest BCUT2D eigenvalue weighted by Crippen LogP contribution is 2.20. The summed E-state index contributed by atoms with van der Waals surface area (Å²) in [6.45, 7) is 0.344. The number of ether oxygens (including phenoxy) is 1. The number of aromatic nitrogens is 4. The second-order valence-electron chi connectivity index (χ2n) is 5.07. The van der Waals surface area contributed by atoms with E-state index in [9.17, 15) is 4.79 Å². The molecule has 0 fully saturated rings. The maximum absolute atomic E-state index is 12.0. The van der Waals surface area contributed by atoms with Crippen molar-refractivity contribution in [3.05, 3.63) is 64.8 Å². The summed E-state index contributed by atoms with van der Waals surface area (Å²) in [4.78, 5) is 16.2. The van der Waals surface area contributed by atoms with Gasteiger partial charge in [0.05, 0.1) is 12.1 Å². The fourth-order valence-electron chi connectivity index (χ4n) is 2.14. The van der Waals surface area contributed by atoms with Crippen molar-refractivity contribution in [3.63, 3.8) is 0 Å². The first-order valence-corrected chi connectivity index (χ1v) is 8.30. The third kappa shape index (κ3) is 3.50. The van der Waals surface area contributed by atoms with Gasteiger partial charge in [-0.3, -0.25) is 4.68 Å². The molecule has 0 radical (unpaired) electrons. The molecule has 0 aromatic carbocycles. The first-order chi connectivity index (χ1) is 12.3. The Morgan fingerprint density at radius 3 is 3.08 bits per heavy atom. The Morgan fingerprint density at radius 1 is 1.32 bits per heavy atom. The Morgan fingerprint density at radius 2 is 2.28 bits per heavy atom. The average molecular weight is 356 g/mol. The first kappa shape index (κ1) is 15.3. The summed E-state index contributed by atoms with van der Waals surface area (Å²) in [5, 5.41) is 11.7. The molecule has 0 amide bonds. The van der Waals surface area contributed by atoms with E-state index in [0.29, 0.717) is 18.2 Å². The quantitative estimate of drug-likeness (QED) is 0.490. The number of carbonyl (C=O) groups is 1. The van der Waals surface area contributed by atoms with Crippen molar-refractivity contribution in [2.24, 2.45) is 0 Å². The molecule has 4 aromatic heterocycles. The Balaban J connectivity index is 1.35. The summed E-state index contributed by atoms with van der Waals surface area (Å²) in [6, 6.07) is 6.96. The molecule has 0 saturated heterocycles. The zero-order valence-corrected chi connectivity index (χ0v) is 13.7. The van der Waals surface area contributed by atoms with E-state index in [1.165, 1.54) is 11.3 Å². The number of carbonyl (C=O) groups excluding carboxylic acids is 1. The lowest BCUT2D eigenvalue weighted by Crippen LogP contribution is -2.05. The van der Waals surface area contributed by atoms with Crippen LogP contribution in [0.2, 0.25) is 0 Å². The molecule has 0 aliphatic heterocycles. The van der Waals surface area contributed by atoms with Crippen LogP contribution in [0.1, 0.15) is 22.1 Å². The average Bonchev–Trinajstić information content (AvgIpc) is 3.39. The van der Waals surface area contributed by atoms with Crippen LogP contribution in [0.4, 0.5) is 0 Å². The predicted octanol–water partition coefficient (Wildman–Crippen LogP) is 2.99. The molecule has 0 aliphatic carbocycles. The number of nitrogens with zero attached hydrogens (tertiary/aromatic N) is 4. The highest BCUT2D eigenvalue weighted by atomic mass is 32.1. The lowest BCUT2D eigenvalue weighted by atomic mass is 10.3. The highest BCUT2D eigenvalue weighted by Gasteiger charge is 2.16. The number of furan rings is 1. The zero-order valence-electron chi connectivity index (χ0n) is 12.9. The van der Waals surface area contributed by atoms with Crippen molar-refractivity contribution in [1.29, 1.82) is 0 Å². The lowest BCUT2D eigenvalue weighted by Gasteiger charge is -1.99. The van der Waals surface area contributed by atoms with Crippen LogP contribution in [-0.2, 0) is 17.9 Å². The molecule has 0 N–H and O–H groups in total. The van der Waals surface area contributed by atoms with Crippen molar-refractivity contribution >= 4 is 17.3 Å². The van der Waals surface area contributed by atoms with Gasteiger partial charge in [-0.15, -0.1) is 0 Å². The molecular formula is C16H12N4O4S. The van der Waals surface area contributed by atoms with E-state index < -0.39 is 5.97 Å². The summed E-state index contributed by atoms with van der Waals surface area (Å²) in [7, 11) is 0. The van der Waals surface area contributed by atoms with Crippen molar-refractivity contribution < 1.29 is 18.5 Å². The molecule has 8 nitrogen and oxygen atoms in total. The number of rotatable bonds is 6. The van der Waals surface area contributed by atoms with Crippen LogP contribution in [0.3, 0.4) is 0 Å². The van der Waals surface area contributed by atoms with Gasteiger partial charge in [0, 0.05) is 17.8 Å². The van der Waals surface area contributed by atoms with Crippen molar-refractivity contribution in [2.45, 2.75) is 13.2 Å². The van der Waals surface area contributed by atoms with Crippen molar-refractivity contribution in [1.82, 2.24) is 19.9 Å². The topological polar surface area (TPSA) is 96.2 Å². The minimum absolute atomic E-state index is 0.0956. The molecule has 0 bridgehead atoms. The third-order valence-electron chi connectivity index (χ3n) is 3.31. The third-order valence-corrected chi connectivity index (χ3v) is 3.99. The van der Waals surface area contributed by atoms with Crippen molar-refractivity contribution in [2.75, 3.05) is 0 Å². The Kier molecular flexibility index (Phi) is 4.13. The van der Waals surface area contributed by atoms with Gasteiger partial charge in [-0.25, -0.2) is 4.79 Å². The molecule has 0 spiro atoms. The molecule has 0 unspecified atom stereocenters. The van der Waals surface area contributed by atoms with Crippen LogP contribution in [-0.4, -0.2) is 25.9 Å². The second kappa shape index (κ2) is 6.73. The van der Waals surface area contributed by atoms with E-state index >= 15 is 0 Å². The predicted molar refractivity (Wildman–Crippen MR) is 86.8 cm³/mol. The molecule has 4 rings (SSSR count). The minimum Gasteiger partial charge on any atom is -0.452 e. The van der Waals surface area contributed by atoms with Gasteiger partial charge in [-0.05, 0) is 29.6 Å². The van der Waals surface area contributed by atoms with Gasteiger partial charge >= 0.3 is 5.97 Å².